The number of nitrogens with one attached hydrogen (secondary N) is 1. The van der Waals surface area contributed by atoms with E-state index in [1.807, 2.05) is 77.9 Å². The minimum atomic E-state index is -3.75. The van der Waals surface area contributed by atoms with Gasteiger partial charge >= 0.3 is 0 Å². The number of carbonyl (C=O) groups is 2. The maximum Gasteiger partial charge on any atom is 0.244 e. The number of carbonyl (C=O) groups excluding carboxylic acids is 2. The number of rotatable bonds is 11. The number of hydrogen-bond donors (Lipinski definition) is 1. The van der Waals surface area contributed by atoms with Crippen LogP contribution in [0.3, 0.4) is 0 Å². The number of amides is 2. The normalized spacial score (nSPS) is 12.3. The van der Waals surface area contributed by atoms with Crippen LogP contribution in [0.25, 0.3) is 0 Å². The summed E-state index contributed by atoms with van der Waals surface area (Å²) < 4.78 is 26.7. The number of anilines is 1. The molecule has 0 aromatic heterocycles. The number of nitrogens with zero attached hydrogens (tertiary/aromatic N) is 2. The molecule has 1 unspecified atom stereocenters. The molecule has 0 bridgehead atoms. The summed E-state index contributed by atoms with van der Waals surface area (Å²) >= 11 is 0. The summed E-state index contributed by atoms with van der Waals surface area (Å²) in [5, 5.41) is 2.93. The van der Waals surface area contributed by atoms with Gasteiger partial charge in [-0.15, -0.1) is 0 Å². The van der Waals surface area contributed by atoms with Gasteiger partial charge in [0.2, 0.25) is 21.8 Å². The molecule has 1 N–H and O–H groups in total. The summed E-state index contributed by atoms with van der Waals surface area (Å²) in [6.45, 7) is 11.9. The topological polar surface area (TPSA) is 86.8 Å². The summed E-state index contributed by atoms with van der Waals surface area (Å²) in [7, 11) is -3.75. The van der Waals surface area contributed by atoms with E-state index >= 15 is 0 Å². The van der Waals surface area contributed by atoms with Crippen LogP contribution >= 0.6 is 0 Å². The Morgan fingerprint density at radius 1 is 1.00 bits per heavy atom. The molecule has 2 aromatic carbocycles. The number of sulfonamides is 1. The van der Waals surface area contributed by atoms with E-state index in [2.05, 4.69) is 5.32 Å². The first-order valence-corrected chi connectivity index (χ1v) is 13.9. The van der Waals surface area contributed by atoms with Gasteiger partial charge in [-0.25, -0.2) is 8.42 Å². The Balaban J connectivity index is 2.47. The molecule has 2 aromatic rings. The quantitative estimate of drug-likeness (QED) is 0.505. The molecule has 0 saturated carbocycles. The molecule has 192 valence electrons. The molecule has 0 aliphatic carbocycles. The van der Waals surface area contributed by atoms with Crippen LogP contribution in [-0.4, -0.2) is 50.5 Å². The second-order valence-electron chi connectivity index (χ2n) is 9.57. The first kappa shape index (κ1) is 28.4. The number of aryl methyl sites for hydroxylation is 3. The van der Waals surface area contributed by atoms with Crippen molar-refractivity contribution < 1.29 is 18.0 Å². The van der Waals surface area contributed by atoms with E-state index in [1.165, 1.54) is 4.90 Å². The van der Waals surface area contributed by atoms with Crippen molar-refractivity contribution in [2.75, 3.05) is 23.7 Å². The average molecular weight is 502 g/mol. The summed E-state index contributed by atoms with van der Waals surface area (Å²) in [5.41, 5.74) is 4.13. The van der Waals surface area contributed by atoms with Crippen LogP contribution in [0.15, 0.2) is 42.5 Å². The van der Waals surface area contributed by atoms with Gasteiger partial charge in [0.15, 0.2) is 0 Å². The van der Waals surface area contributed by atoms with Crippen molar-refractivity contribution in [1.82, 2.24) is 10.2 Å². The van der Waals surface area contributed by atoms with Crippen molar-refractivity contribution >= 4 is 27.5 Å². The molecule has 0 aliphatic heterocycles. The fourth-order valence-electron chi connectivity index (χ4n) is 3.99. The van der Waals surface area contributed by atoms with Gasteiger partial charge in [-0.1, -0.05) is 62.7 Å². The standard InChI is InChI=1S/C27H39N3O4S/c1-8-24(27(32)28-16-19(2)3)29(17-23-12-10-9-11-21(23)5)26(31)18-30(35(7,33)34)25-14-13-20(4)15-22(25)6/h9-15,19,24H,8,16-18H2,1-7H3,(H,28,32). The zero-order chi connectivity index (χ0) is 26.3. The highest BCUT2D eigenvalue weighted by Gasteiger charge is 2.32. The third-order valence-corrected chi connectivity index (χ3v) is 7.10. The lowest BCUT2D eigenvalue weighted by atomic mass is 10.1. The minimum absolute atomic E-state index is 0.212. The van der Waals surface area contributed by atoms with Crippen LogP contribution in [-0.2, 0) is 26.2 Å². The number of hydrogen-bond acceptors (Lipinski definition) is 4. The second kappa shape index (κ2) is 12.2. The molecule has 2 rings (SSSR count). The van der Waals surface area contributed by atoms with Crippen molar-refractivity contribution in [3.63, 3.8) is 0 Å². The van der Waals surface area contributed by atoms with Crippen molar-refractivity contribution in [2.24, 2.45) is 5.92 Å². The van der Waals surface area contributed by atoms with Crippen LogP contribution in [0.2, 0.25) is 0 Å². The molecule has 0 saturated heterocycles. The molecule has 2 amide bonds. The first-order valence-electron chi connectivity index (χ1n) is 12.0. The summed E-state index contributed by atoms with van der Waals surface area (Å²) in [6.07, 6.45) is 1.50. The van der Waals surface area contributed by atoms with Gasteiger partial charge in [-0.05, 0) is 55.9 Å². The fourth-order valence-corrected chi connectivity index (χ4v) is 4.90. The van der Waals surface area contributed by atoms with Crippen LogP contribution in [0.4, 0.5) is 5.69 Å². The number of benzene rings is 2. The highest BCUT2D eigenvalue weighted by atomic mass is 32.2. The predicted octanol–water partition coefficient (Wildman–Crippen LogP) is 3.96. The van der Waals surface area contributed by atoms with Gasteiger partial charge in [0.25, 0.3) is 0 Å². The molecule has 1 atom stereocenters. The van der Waals surface area contributed by atoms with E-state index in [0.717, 1.165) is 32.8 Å². The molecule has 0 heterocycles. The maximum atomic E-state index is 13.8. The fraction of sp³-hybridized carbons (Fsp3) is 0.481. The van der Waals surface area contributed by atoms with Crippen molar-refractivity contribution in [3.05, 3.63) is 64.7 Å². The zero-order valence-electron chi connectivity index (χ0n) is 22.0. The van der Waals surface area contributed by atoms with E-state index in [9.17, 15) is 18.0 Å². The van der Waals surface area contributed by atoms with Crippen LogP contribution in [0, 0.1) is 26.7 Å². The smallest absolute Gasteiger partial charge is 0.244 e. The second-order valence-corrected chi connectivity index (χ2v) is 11.5. The van der Waals surface area contributed by atoms with Crippen LogP contribution in [0.5, 0.6) is 0 Å². The minimum Gasteiger partial charge on any atom is -0.354 e. The molecule has 0 radical (unpaired) electrons. The van der Waals surface area contributed by atoms with Crippen LogP contribution < -0.4 is 9.62 Å². The molecule has 0 spiro atoms. The Morgan fingerprint density at radius 3 is 2.20 bits per heavy atom. The van der Waals surface area contributed by atoms with Crippen molar-refractivity contribution in [2.45, 2.75) is 60.5 Å². The van der Waals surface area contributed by atoms with Gasteiger partial charge in [0.1, 0.15) is 12.6 Å². The van der Waals surface area contributed by atoms with Gasteiger partial charge in [-0.3, -0.25) is 13.9 Å². The molecule has 0 fully saturated rings. The average Bonchev–Trinajstić information content (AvgIpc) is 2.76. The molecular weight excluding hydrogens is 462 g/mol. The zero-order valence-corrected chi connectivity index (χ0v) is 22.8. The SMILES string of the molecule is CCC(C(=O)NCC(C)C)N(Cc1ccccc1C)C(=O)CN(c1ccc(C)cc1C)S(C)(=O)=O. The highest BCUT2D eigenvalue weighted by molar-refractivity contribution is 7.92. The monoisotopic (exact) mass is 501 g/mol. The van der Waals surface area contributed by atoms with E-state index in [1.54, 1.807) is 6.07 Å². The van der Waals surface area contributed by atoms with Crippen molar-refractivity contribution in [3.8, 4) is 0 Å². The third kappa shape index (κ3) is 7.82. The van der Waals surface area contributed by atoms with E-state index in [4.69, 9.17) is 0 Å². The van der Waals surface area contributed by atoms with Gasteiger partial charge in [-0.2, -0.15) is 0 Å². The molecule has 0 aliphatic rings. The Hall–Kier alpha value is -2.87. The lowest BCUT2D eigenvalue weighted by Crippen LogP contribution is -2.52. The highest BCUT2D eigenvalue weighted by Crippen LogP contribution is 2.24. The van der Waals surface area contributed by atoms with Gasteiger partial charge in [0.05, 0.1) is 11.9 Å². The Kier molecular flexibility index (Phi) is 9.89. The molecular formula is C27H39N3O4S. The Bertz CT molecular complexity index is 1140. The first-order chi connectivity index (χ1) is 16.3. The van der Waals surface area contributed by atoms with Gasteiger partial charge < -0.3 is 10.2 Å². The summed E-state index contributed by atoms with van der Waals surface area (Å²) in [6, 6.07) is 12.4. The van der Waals surface area contributed by atoms with Gasteiger partial charge in [0, 0.05) is 13.1 Å². The summed E-state index contributed by atoms with van der Waals surface area (Å²) in [5.74, 6) is -0.395. The molecule has 8 heteroatoms. The lowest BCUT2D eigenvalue weighted by molar-refractivity contribution is -0.140. The molecule has 7 nitrogen and oxygen atoms in total. The third-order valence-electron chi connectivity index (χ3n) is 5.97. The van der Waals surface area contributed by atoms with E-state index in [-0.39, 0.29) is 24.9 Å². The van der Waals surface area contributed by atoms with Crippen molar-refractivity contribution in [1.29, 1.82) is 0 Å². The summed E-state index contributed by atoms with van der Waals surface area (Å²) in [4.78, 5) is 28.4. The lowest BCUT2D eigenvalue weighted by Gasteiger charge is -2.33. The van der Waals surface area contributed by atoms with Crippen LogP contribution in [0.1, 0.15) is 49.4 Å². The van der Waals surface area contributed by atoms with E-state index in [0.29, 0.717) is 18.7 Å². The Morgan fingerprint density at radius 2 is 1.66 bits per heavy atom. The largest absolute Gasteiger partial charge is 0.354 e. The van der Waals surface area contributed by atoms with E-state index < -0.39 is 22.0 Å². The Labute approximate surface area is 210 Å². The molecule has 35 heavy (non-hydrogen) atoms. The predicted molar refractivity (Wildman–Crippen MR) is 142 cm³/mol. The maximum absolute atomic E-state index is 13.8.